The van der Waals surface area contributed by atoms with E-state index < -0.39 is 5.97 Å². The van der Waals surface area contributed by atoms with Crippen molar-refractivity contribution in [3.8, 4) is 0 Å². The number of hydrogen-bond acceptors (Lipinski definition) is 3. The summed E-state index contributed by atoms with van der Waals surface area (Å²) >= 11 is 0. The molecule has 0 heterocycles. The third-order valence-corrected chi connectivity index (χ3v) is 6.92. The van der Waals surface area contributed by atoms with Crippen LogP contribution in [0.15, 0.2) is 0 Å². The lowest BCUT2D eigenvalue weighted by molar-refractivity contribution is -0.172. The number of carbonyl (C=O) groups excluding carboxylic acids is 1. The van der Waals surface area contributed by atoms with Crippen LogP contribution in [0.4, 0.5) is 0 Å². The summed E-state index contributed by atoms with van der Waals surface area (Å²) in [6.07, 6.45) is 19.6. The number of carboxylic acids is 1. The summed E-state index contributed by atoms with van der Waals surface area (Å²) in [5.74, 6) is -1.47. The van der Waals surface area contributed by atoms with Crippen molar-refractivity contribution >= 4 is 11.9 Å². The molecule has 162 valence electrons. The summed E-state index contributed by atoms with van der Waals surface area (Å²) in [5.41, 5.74) is -0.270. The number of carboxylic acid groups (broad SMARTS) is 1. The van der Waals surface area contributed by atoms with Crippen LogP contribution in [0, 0.1) is 11.8 Å². The zero-order valence-electron chi connectivity index (χ0n) is 18.1. The molecular weight excluding hydrogens is 352 g/mol. The number of ether oxygens (including phenoxy) is 1. The standard InChI is InChI=1S/C24H42O4/c1-2-3-4-5-6-7-8-10-16-24(17-11-9-12-18-24)28-23(27)21-15-13-14-20(19-21)22(25)26/h20-21H,2-19H2,1H3,(H,25,26). The molecule has 1 N–H and O–H groups in total. The zero-order chi connectivity index (χ0) is 20.2. The van der Waals surface area contributed by atoms with Crippen LogP contribution in [0.25, 0.3) is 0 Å². The third kappa shape index (κ3) is 7.75. The molecule has 2 aliphatic carbocycles. The minimum absolute atomic E-state index is 0.118. The fourth-order valence-electron chi connectivity index (χ4n) is 5.11. The second-order valence-electron chi connectivity index (χ2n) is 9.29. The van der Waals surface area contributed by atoms with Crippen molar-refractivity contribution in [2.24, 2.45) is 11.8 Å². The van der Waals surface area contributed by atoms with Gasteiger partial charge in [0.2, 0.25) is 0 Å². The summed E-state index contributed by atoms with van der Waals surface area (Å²) in [5, 5.41) is 9.29. The van der Waals surface area contributed by atoms with Gasteiger partial charge in [0, 0.05) is 0 Å². The molecule has 2 aliphatic rings. The van der Waals surface area contributed by atoms with Gasteiger partial charge in [-0.25, -0.2) is 0 Å². The van der Waals surface area contributed by atoms with E-state index in [1.807, 2.05) is 0 Å². The Hall–Kier alpha value is -1.06. The highest BCUT2D eigenvalue weighted by Crippen LogP contribution is 2.39. The maximum absolute atomic E-state index is 12.9. The van der Waals surface area contributed by atoms with E-state index in [-0.39, 0.29) is 23.4 Å². The molecule has 4 heteroatoms. The maximum atomic E-state index is 12.9. The highest BCUT2D eigenvalue weighted by molar-refractivity contribution is 5.76. The Bertz CT molecular complexity index is 467. The maximum Gasteiger partial charge on any atom is 0.309 e. The second-order valence-corrected chi connectivity index (χ2v) is 9.29. The zero-order valence-corrected chi connectivity index (χ0v) is 18.1. The Morgan fingerprint density at radius 2 is 1.46 bits per heavy atom. The minimum atomic E-state index is -0.760. The molecule has 0 amide bonds. The normalized spacial score (nSPS) is 24.6. The summed E-state index contributed by atoms with van der Waals surface area (Å²) in [7, 11) is 0. The largest absolute Gasteiger partial charge is 0.481 e. The van der Waals surface area contributed by atoms with Gasteiger partial charge in [0.25, 0.3) is 0 Å². The van der Waals surface area contributed by atoms with E-state index in [4.69, 9.17) is 4.74 Å². The van der Waals surface area contributed by atoms with Crippen LogP contribution in [-0.2, 0) is 14.3 Å². The average Bonchev–Trinajstić information content (AvgIpc) is 2.71. The molecule has 4 nitrogen and oxygen atoms in total. The van der Waals surface area contributed by atoms with Gasteiger partial charge in [0.15, 0.2) is 0 Å². The molecule has 0 aromatic heterocycles. The van der Waals surface area contributed by atoms with Gasteiger partial charge in [-0.2, -0.15) is 0 Å². The first kappa shape index (κ1) is 23.2. The van der Waals surface area contributed by atoms with Crippen LogP contribution < -0.4 is 0 Å². The Morgan fingerprint density at radius 3 is 2.11 bits per heavy atom. The van der Waals surface area contributed by atoms with Crippen LogP contribution in [0.2, 0.25) is 0 Å². The first-order valence-corrected chi connectivity index (χ1v) is 12.0. The van der Waals surface area contributed by atoms with E-state index in [2.05, 4.69) is 6.92 Å². The van der Waals surface area contributed by atoms with Crippen LogP contribution in [0.5, 0.6) is 0 Å². The van der Waals surface area contributed by atoms with Crippen molar-refractivity contribution in [2.45, 2.75) is 128 Å². The molecule has 0 radical (unpaired) electrons. The third-order valence-electron chi connectivity index (χ3n) is 6.92. The van der Waals surface area contributed by atoms with Crippen LogP contribution in [0.1, 0.15) is 122 Å². The predicted molar refractivity (Wildman–Crippen MR) is 112 cm³/mol. The van der Waals surface area contributed by atoms with Gasteiger partial charge in [-0.1, -0.05) is 64.7 Å². The van der Waals surface area contributed by atoms with Gasteiger partial charge in [0.1, 0.15) is 5.60 Å². The molecule has 2 atom stereocenters. The van der Waals surface area contributed by atoms with Crippen molar-refractivity contribution in [1.82, 2.24) is 0 Å². The first-order chi connectivity index (χ1) is 13.6. The summed E-state index contributed by atoms with van der Waals surface area (Å²) in [4.78, 5) is 24.2. The summed E-state index contributed by atoms with van der Waals surface area (Å²) in [6, 6.07) is 0. The fourth-order valence-corrected chi connectivity index (χ4v) is 5.11. The van der Waals surface area contributed by atoms with Crippen molar-refractivity contribution in [3.63, 3.8) is 0 Å². The predicted octanol–water partition coefficient (Wildman–Crippen LogP) is 6.65. The summed E-state index contributed by atoms with van der Waals surface area (Å²) in [6.45, 7) is 2.25. The van der Waals surface area contributed by atoms with Crippen LogP contribution in [-0.4, -0.2) is 22.6 Å². The van der Waals surface area contributed by atoms with Gasteiger partial charge < -0.3 is 9.84 Å². The van der Waals surface area contributed by atoms with Crippen molar-refractivity contribution < 1.29 is 19.4 Å². The van der Waals surface area contributed by atoms with E-state index in [1.54, 1.807) is 0 Å². The van der Waals surface area contributed by atoms with E-state index in [0.717, 1.165) is 51.4 Å². The fraction of sp³-hybridized carbons (Fsp3) is 0.917. The van der Waals surface area contributed by atoms with E-state index in [1.165, 1.54) is 51.4 Å². The smallest absolute Gasteiger partial charge is 0.309 e. The molecular formula is C24H42O4. The molecule has 0 aliphatic heterocycles. The van der Waals surface area contributed by atoms with E-state index in [9.17, 15) is 14.7 Å². The second kappa shape index (κ2) is 12.5. The molecule has 0 spiro atoms. The SMILES string of the molecule is CCCCCCCCCCC1(OC(=O)C2CCCC(C(=O)O)C2)CCCCC1. The van der Waals surface area contributed by atoms with Crippen LogP contribution in [0.3, 0.4) is 0 Å². The Labute approximate surface area is 171 Å². The Kier molecular flexibility index (Phi) is 10.4. The van der Waals surface area contributed by atoms with Gasteiger partial charge in [-0.05, 0) is 57.8 Å². The van der Waals surface area contributed by atoms with Crippen molar-refractivity contribution in [3.05, 3.63) is 0 Å². The highest BCUT2D eigenvalue weighted by atomic mass is 16.6. The van der Waals surface area contributed by atoms with Gasteiger partial charge in [-0.3, -0.25) is 9.59 Å². The van der Waals surface area contributed by atoms with E-state index >= 15 is 0 Å². The lowest BCUT2D eigenvalue weighted by Crippen LogP contribution is -2.40. The minimum Gasteiger partial charge on any atom is -0.481 e. The molecule has 2 unspecified atom stereocenters. The number of esters is 1. The first-order valence-electron chi connectivity index (χ1n) is 12.0. The number of unbranched alkanes of at least 4 members (excludes halogenated alkanes) is 7. The van der Waals surface area contributed by atoms with Crippen molar-refractivity contribution in [1.29, 1.82) is 0 Å². The Balaban J connectivity index is 1.78. The number of aliphatic carboxylic acids is 1. The van der Waals surface area contributed by atoms with E-state index in [0.29, 0.717) is 12.8 Å². The summed E-state index contributed by atoms with van der Waals surface area (Å²) < 4.78 is 6.17. The molecule has 28 heavy (non-hydrogen) atoms. The number of hydrogen-bond donors (Lipinski definition) is 1. The highest BCUT2D eigenvalue weighted by Gasteiger charge is 2.39. The molecule has 0 aromatic rings. The monoisotopic (exact) mass is 394 g/mol. The number of rotatable bonds is 12. The topological polar surface area (TPSA) is 63.6 Å². The Morgan fingerprint density at radius 1 is 0.857 bits per heavy atom. The number of carbonyl (C=O) groups is 2. The molecule has 2 saturated carbocycles. The quantitative estimate of drug-likeness (QED) is 0.297. The van der Waals surface area contributed by atoms with Crippen LogP contribution >= 0.6 is 0 Å². The van der Waals surface area contributed by atoms with Gasteiger partial charge in [0.05, 0.1) is 11.8 Å². The lowest BCUT2D eigenvalue weighted by atomic mass is 9.79. The lowest BCUT2D eigenvalue weighted by Gasteiger charge is -2.39. The molecule has 2 rings (SSSR count). The molecule has 0 bridgehead atoms. The average molecular weight is 395 g/mol. The molecule has 0 aromatic carbocycles. The molecule has 0 saturated heterocycles. The molecule has 2 fully saturated rings. The van der Waals surface area contributed by atoms with Crippen molar-refractivity contribution in [2.75, 3.05) is 0 Å². The van der Waals surface area contributed by atoms with Gasteiger partial charge >= 0.3 is 11.9 Å². The van der Waals surface area contributed by atoms with Gasteiger partial charge in [-0.15, -0.1) is 0 Å².